The summed E-state index contributed by atoms with van der Waals surface area (Å²) in [4.78, 5) is 3.94. The van der Waals surface area contributed by atoms with Crippen molar-refractivity contribution in [2.24, 2.45) is 0 Å². The van der Waals surface area contributed by atoms with E-state index in [1.807, 2.05) is 0 Å². The van der Waals surface area contributed by atoms with Crippen LogP contribution in [0.3, 0.4) is 0 Å². The zero-order chi connectivity index (χ0) is 11.1. The fourth-order valence-electron chi connectivity index (χ4n) is 1.22. The Hall–Kier alpha value is -1.11. The van der Waals surface area contributed by atoms with Crippen LogP contribution in [0, 0.1) is 0 Å². The summed E-state index contributed by atoms with van der Waals surface area (Å²) in [6, 6.07) is 3.31. The van der Waals surface area contributed by atoms with Crippen molar-refractivity contribution in [2.75, 3.05) is 0 Å². The van der Waals surface area contributed by atoms with Crippen LogP contribution in [0.25, 0.3) is 11.0 Å². The van der Waals surface area contributed by atoms with Crippen molar-refractivity contribution in [2.45, 2.75) is 12.7 Å². The Morgan fingerprint density at radius 1 is 1.33 bits per heavy atom. The van der Waals surface area contributed by atoms with Crippen LogP contribution in [0.2, 0.25) is 0 Å². The van der Waals surface area contributed by atoms with Gasteiger partial charge in [-0.2, -0.15) is 18.3 Å². The van der Waals surface area contributed by atoms with E-state index < -0.39 is 12.7 Å². The normalized spacial score (nSPS) is 12.3. The van der Waals surface area contributed by atoms with Gasteiger partial charge in [0.05, 0.1) is 6.20 Å². The van der Waals surface area contributed by atoms with Gasteiger partial charge in [-0.3, -0.25) is 0 Å². The summed E-state index contributed by atoms with van der Waals surface area (Å²) in [5, 5.41) is 4.22. The summed E-state index contributed by atoms with van der Waals surface area (Å²) in [6.07, 6.45) is -2.93. The second-order valence-corrected chi connectivity index (χ2v) is 3.78. The Morgan fingerprint density at radius 3 is 2.73 bits per heavy atom. The first kappa shape index (κ1) is 10.4. The fraction of sp³-hybridized carbons (Fsp3) is 0.250. The van der Waals surface area contributed by atoms with E-state index in [1.54, 1.807) is 12.1 Å². The third kappa shape index (κ3) is 2.28. The number of halogens is 4. The Labute approximate surface area is 91.0 Å². The van der Waals surface area contributed by atoms with Crippen molar-refractivity contribution in [3.05, 3.63) is 22.9 Å². The molecule has 0 atom stereocenters. The van der Waals surface area contributed by atoms with E-state index in [2.05, 4.69) is 26.0 Å². The molecule has 2 rings (SSSR count). The Morgan fingerprint density at radius 2 is 2.07 bits per heavy atom. The molecule has 2 heterocycles. The van der Waals surface area contributed by atoms with Gasteiger partial charge in [-0.05, 0) is 28.1 Å². The molecule has 3 nitrogen and oxygen atoms in total. The second-order valence-electron chi connectivity index (χ2n) is 2.96. The Bertz CT molecular complexity index is 491. The van der Waals surface area contributed by atoms with E-state index in [1.165, 1.54) is 6.20 Å². The minimum Gasteiger partial charge on any atom is -0.238 e. The molecule has 0 saturated heterocycles. The number of fused-ring (bicyclic) bond motifs is 1. The molecule has 0 bridgehead atoms. The summed E-state index contributed by atoms with van der Waals surface area (Å²) in [7, 11) is 0. The number of nitrogens with zero attached hydrogens (tertiary/aromatic N) is 3. The maximum atomic E-state index is 12.1. The van der Waals surface area contributed by atoms with E-state index in [0.717, 1.165) is 4.68 Å². The standard InChI is InChI=1S/C8H5BrF3N3/c9-6-2-1-5-3-13-15(7(5)14-6)4-8(10,11)12/h1-3H,4H2. The monoisotopic (exact) mass is 279 g/mol. The van der Waals surface area contributed by atoms with Gasteiger partial charge in [-0.25, -0.2) is 9.67 Å². The number of pyridine rings is 1. The van der Waals surface area contributed by atoms with Crippen LogP contribution >= 0.6 is 15.9 Å². The molecule has 2 aromatic rings. The Kier molecular flexibility index (Phi) is 2.41. The minimum absolute atomic E-state index is 0.224. The van der Waals surface area contributed by atoms with Crippen LogP contribution in [-0.4, -0.2) is 20.9 Å². The average Bonchev–Trinajstić information content (AvgIpc) is 2.46. The quantitative estimate of drug-likeness (QED) is 0.752. The third-order valence-electron chi connectivity index (χ3n) is 1.78. The highest BCUT2D eigenvalue weighted by Gasteiger charge is 2.29. The summed E-state index contributed by atoms with van der Waals surface area (Å²) in [5.74, 6) is 0. The molecule has 0 spiro atoms. The highest BCUT2D eigenvalue weighted by Crippen LogP contribution is 2.21. The summed E-state index contributed by atoms with van der Waals surface area (Å²) < 4.78 is 37.8. The number of alkyl halides is 3. The molecule has 80 valence electrons. The molecule has 2 aromatic heterocycles. The lowest BCUT2D eigenvalue weighted by Gasteiger charge is -2.06. The zero-order valence-corrected chi connectivity index (χ0v) is 8.88. The van der Waals surface area contributed by atoms with E-state index in [9.17, 15) is 13.2 Å². The van der Waals surface area contributed by atoms with Crippen LogP contribution in [0.4, 0.5) is 13.2 Å². The molecule has 0 saturated carbocycles. The first-order valence-electron chi connectivity index (χ1n) is 4.00. The molecule has 7 heteroatoms. The molecular formula is C8H5BrF3N3. The van der Waals surface area contributed by atoms with Crippen molar-refractivity contribution in [1.82, 2.24) is 14.8 Å². The lowest BCUT2D eigenvalue weighted by Crippen LogP contribution is -2.18. The molecule has 0 aliphatic rings. The third-order valence-corrected chi connectivity index (χ3v) is 2.22. The maximum Gasteiger partial charge on any atom is 0.408 e. The van der Waals surface area contributed by atoms with Crippen molar-refractivity contribution in [3.63, 3.8) is 0 Å². The van der Waals surface area contributed by atoms with E-state index in [-0.39, 0.29) is 5.65 Å². The van der Waals surface area contributed by atoms with Crippen LogP contribution in [0.15, 0.2) is 22.9 Å². The van der Waals surface area contributed by atoms with Gasteiger partial charge in [0.2, 0.25) is 0 Å². The smallest absolute Gasteiger partial charge is 0.238 e. The molecule has 15 heavy (non-hydrogen) atoms. The molecule has 0 N–H and O–H groups in total. The first-order chi connectivity index (χ1) is 6.96. The molecule has 0 fully saturated rings. The van der Waals surface area contributed by atoms with Crippen LogP contribution < -0.4 is 0 Å². The van der Waals surface area contributed by atoms with Crippen LogP contribution in [0.5, 0.6) is 0 Å². The lowest BCUT2D eigenvalue weighted by atomic mass is 10.4. The molecule has 0 radical (unpaired) electrons. The van der Waals surface area contributed by atoms with Crippen molar-refractivity contribution < 1.29 is 13.2 Å². The number of hydrogen-bond donors (Lipinski definition) is 0. The van der Waals surface area contributed by atoms with Gasteiger partial charge in [-0.1, -0.05) is 0 Å². The van der Waals surface area contributed by atoms with E-state index in [0.29, 0.717) is 9.99 Å². The van der Waals surface area contributed by atoms with Gasteiger partial charge in [0.25, 0.3) is 0 Å². The van der Waals surface area contributed by atoms with Gasteiger partial charge in [0.15, 0.2) is 5.65 Å². The van der Waals surface area contributed by atoms with Crippen LogP contribution in [-0.2, 0) is 6.54 Å². The number of hydrogen-bond acceptors (Lipinski definition) is 2. The summed E-state index contributed by atoms with van der Waals surface area (Å²) in [5.41, 5.74) is 0.224. The Balaban J connectivity index is 2.48. The van der Waals surface area contributed by atoms with Crippen LogP contribution in [0.1, 0.15) is 0 Å². The van der Waals surface area contributed by atoms with E-state index >= 15 is 0 Å². The largest absolute Gasteiger partial charge is 0.408 e. The first-order valence-corrected chi connectivity index (χ1v) is 4.80. The van der Waals surface area contributed by atoms with E-state index in [4.69, 9.17) is 0 Å². The SMILES string of the molecule is FC(F)(F)Cn1ncc2ccc(Br)nc21. The van der Waals surface area contributed by atoms with Gasteiger partial charge in [0, 0.05) is 5.39 Å². The molecular weight excluding hydrogens is 275 g/mol. The molecule has 0 aliphatic carbocycles. The predicted octanol–water partition coefficient (Wildman–Crippen LogP) is 2.76. The lowest BCUT2D eigenvalue weighted by molar-refractivity contribution is -0.141. The summed E-state index contributed by atoms with van der Waals surface area (Å²) in [6.45, 7) is -1.13. The minimum atomic E-state index is -4.29. The van der Waals surface area contributed by atoms with Gasteiger partial charge < -0.3 is 0 Å². The van der Waals surface area contributed by atoms with Crippen molar-refractivity contribution in [1.29, 1.82) is 0 Å². The molecule has 0 aromatic carbocycles. The van der Waals surface area contributed by atoms with Gasteiger partial charge >= 0.3 is 6.18 Å². The second kappa shape index (κ2) is 3.48. The molecule has 0 amide bonds. The highest BCUT2D eigenvalue weighted by molar-refractivity contribution is 9.10. The van der Waals surface area contributed by atoms with Crippen molar-refractivity contribution in [3.8, 4) is 0 Å². The van der Waals surface area contributed by atoms with Gasteiger partial charge in [-0.15, -0.1) is 0 Å². The number of rotatable bonds is 1. The molecule has 0 unspecified atom stereocenters. The number of aromatic nitrogens is 3. The average molecular weight is 280 g/mol. The van der Waals surface area contributed by atoms with Crippen molar-refractivity contribution >= 4 is 27.0 Å². The topological polar surface area (TPSA) is 30.7 Å². The maximum absolute atomic E-state index is 12.1. The predicted molar refractivity (Wildman–Crippen MR) is 51.3 cm³/mol. The highest BCUT2D eigenvalue weighted by atomic mass is 79.9. The molecule has 0 aliphatic heterocycles. The summed E-state index contributed by atoms with van der Waals surface area (Å²) >= 11 is 3.10. The fourth-order valence-corrected chi connectivity index (χ4v) is 1.52. The zero-order valence-electron chi connectivity index (χ0n) is 7.29. The van der Waals surface area contributed by atoms with Gasteiger partial charge in [0.1, 0.15) is 11.1 Å².